The van der Waals surface area contributed by atoms with Gasteiger partial charge in [-0.05, 0) is 36.4 Å². The first-order chi connectivity index (χ1) is 8.31. The molecule has 0 fully saturated rings. The number of benzene rings is 1. The monoisotopic (exact) mass is 281 g/mol. The summed E-state index contributed by atoms with van der Waals surface area (Å²) in [6.07, 6.45) is -0.941. The Morgan fingerprint density at radius 1 is 1.39 bits per heavy atom. The van der Waals surface area contributed by atoms with Crippen LogP contribution in [0.3, 0.4) is 0 Å². The van der Waals surface area contributed by atoms with Gasteiger partial charge in [0.2, 0.25) is 0 Å². The minimum Gasteiger partial charge on any atom is -0.394 e. The summed E-state index contributed by atoms with van der Waals surface area (Å²) in [4.78, 5) is 0.0779. The second-order valence-electron chi connectivity index (χ2n) is 3.74. The van der Waals surface area contributed by atoms with Crippen LogP contribution in [0.15, 0.2) is 23.1 Å². The molecule has 3 nitrogen and oxygen atoms in total. The molecule has 0 spiro atoms. The van der Waals surface area contributed by atoms with Crippen LogP contribution in [0.4, 0.5) is 18.9 Å². The number of rotatable bonds is 5. The van der Waals surface area contributed by atoms with Crippen molar-refractivity contribution >= 4 is 17.4 Å². The Balaban J connectivity index is 2.75. The maximum absolute atomic E-state index is 12.2. The second-order valence-corrected chi connectivity index (χ2v) is 4.88. The summed E-state index contributed by atoms with van der Waals surface area (Å²) in [7, 11) is 0. The normalized spacial score (nSPS) is 13.4. The summed E-state index contributed by atoms with van der Waals surface area (Å²) in [6, 6.07) is 4.33. The summed E-state index contributed by atoms with van der Waals surface area (Å²) in [5.41, 5.74) is -3.04. The predicted molar refractivity (Wildman–Crippen MR) is 64.7 cm³/mol. The average molecular weight is 281 g/mol. The lowest BCUT2D eigenvalue weighted by molar-refractivity contribution is -0.0328. The van der Waals surface area contributed by atoms with E-state index in [1.54, 1.807) is 13.0 Å². The van der Waals surface area contributed by atoms with Crippen LogP contribution in [0.5, 0.6) is 0 Å². The summed E-state index contributed by atoms with van der Waals surface area (Å²) < 4.78 is 36.6. The number of halogens is 3. The van der Waals surface area contributed by atoms with Crippen LogP contribution in [0, 0.1) is 6.92 Å². The molecule has 0 radical (unpaired) electrons. The maximum Gasteiger partial charge on any atom is 0.446 e. The van der Waals surface area contributed by atoms with Gasteiger partial charge in [0.1, 0.15) is 0 Å². The molecule has 102 valence electrons. The van der Waals surface area contributed by atoms with Crippen LogP contribution in [-0.2, 0) is 0 Å². The van der Waals surface area contributed by atoms with Crippen LogP contribution in [0.1, 0.15) is 5.56 Å². The SMILES string of the molecule is Cc1ccc(SC(F)(F)F)cc1NCC(O)CO. The van der Waals surface area contributed by atoms with Gasteiger partial charge in [0.05, 0.1) is 12.7 Å². The van der Waals surface area contributed by atoms with E-state index in [1.165, 1.54) is 12.1 Å². The second kappa shape index (κ2) is 6.31. The van der Waals surface area contributed by atoms with E-state index in [9.17, 15) is 13.2 Å². The predicted octanol–water partition coefficient (Wildman–Crippen LogP) is 2.37. The highest BCUT2D eigenvalue weighted by Gasteiger charge is 2.29. The molecule has 0 aliphatic heterocycles. The number of aliphatic hydroxyl groups excluding tert-OH is 2. The molecule has 1 unspecified atom stereocenters. The number of aliphatic hydroxyl groups is 2. The third-order valence-corrected chi connectivity index (χ3v) is 2.90. The number of hydrogen-bond donors (Lipinski definition) is 3. The van der Waals surface area contributed by atoms with Crippen molar-refractivity contribution < 1.29 is 23.4 Å². The van der Waals surface area contributed by atoms with Gasteiger partial charge >= 0.3 is 5.51 Å². The van der Waals surface area contributed by atoms with Gasteiger partial charge in [0.15, 0.2) is 0 Å². The third kappa shape index (κ3) is 5.16. The molecular weight excluding hydrogens is 267 g/mol. The zero-order chi connectivity index (χ0) is 13.8. The molecule has 7 heteroatoms. The minimum absolute atomic E-state index is 0.0779. The highest BCUT2D eigenvalue weighted by molar-refractivity contribution is 8.00. The first-order valence-electron chi connectivity index (χ1n) is 5.21. The van der Waals surface area contributed by atoms with Gasteiger partial charge in [0.25, 0.3) is 0 Å². The van der Waals surface area contributed by atoms with E-state index in [1.807, 2.05) is 0 Å². The zero-order valence-electron chi connectivity index (χ0n) is 9.66. The number of anilines is 1. The van der Waals surface area contributed by atoms with Crippen molar-refractivity contribution in [2.45, 2.75) is 23.4 Å². The van der Waals surface area contributed by atoms with E-state index in [0.29, 0.717) is 5.69 Å². The van der Waals surface area contributed by atoms with Gasteiger partial charge in [-0.15, -0.1) is 0 Å². The summed E-state index contributed by atoms with van der Waals surface area (Å²) in [5, 5.41) is 20.6. The Kier molecular flexibility index (Phi) is 5.30. The molecular formula is C11H14F3NO2S. The minimum atomic E-state index is -4.32. The van der Waals surface area contributed by atoms with E-state index in [2.05, 4.69) is 5.32 Å². The van der Waals surface area contributed by atoms with Gasteiger partial charge in [-0.3, -0.25) is 0 Å². The molecule has 1 aromatic carbocycles. The molecule has 1 atom stereocenters. The topological polar surface area (TPSA) is 52.5 Å². The Bertz CT molecular complexity index is 398. The van der Waals surface area contributed by atoms with Crippen molar-refractivity contribution in [3.63, 3.8) is 0 Å². The van der Waals surface area contributed by atoms with Crippen molar-refractivity contribution in [3.05, 3.63) is 23.8 Å². The first-order valence-corrected chi connectivity index (χ1v) is 6.02. The standard InChI is InChI=1S/C11H14F3NO2S/c1-7-2-3-9(18-11(12,13)14)4-10(7)15-5-8(17)6-16/h2-4,8,15-17H,5-6H2,1H3. The number of aryl methyl sites for hydroxylation is 1. The lowest BCUT2D eigenvalue weighted by Gasteiger charge is -2.14. The van der Waals surface area contributed by atoms with Crippen molar-refractivity contribution in [1.29, 1.82) is 0 Å². The van der Waals surface area contributed by atoms with Crippen LogP contribution in [-0.4, -0.2) is 35.0 Å². The Labute approximate surface area is 107 Å². The summed E-state index contributed by atoms with van der Waals surface area (Å²) in [6.45, 7) is 1.43. The fourth-order valence-electron chi connectivity index (χ4n) is 1.28. The van der Waals surface area contributed by atoms with Crippen LogP contribution < -0.4 is 5.32 Å². The molecule has 18 heavy (non-hydrogen) atoms. The number of nitrogens with one attached hydrogen (secondary N) is 1. The molecule has 0 saturated carbocycles. The van der Waals surface area contributed by atoms with E-state index in [0.717, 1.165) is 5.56 Å². The smallest absolute Gasteiger partial charge is 0.394 e. The van der Waals surface area contributed by atoms with E-state index < -0.39 is 18.2 Å². The molecule has 0 bridgehead atoms. The van der Waals surface area contributed by atoms with Gasteiger partial charge in [-0.2, -0.15) is 13.2 Å². The maximum atomic E-state index is 12.2. The average Bonchev–Trinajstić information content (AvgIpc) is 2.27. The van der Waals surface area contributed by atoms with Crippen LogP contribution >= 0.6 is 11.8 Å². The van der Waals surface area contributed by atoms with Gasteiger partial charge in [0, 0.05) is 17.1 Å². The van der Waals surface area contributed by atoms with Gasteiger partial charge in [-0.25, -0.2) is 0 Å². The Morgan fingerprint density at radius 3 is 2.61 bits per heavy atom. The largest absolute Gasteiger partial charge is 0.446 e. The number of alkyl halides is 3. The van der Waals surface area contributed by atoms with Gasteiger partial charge < -0.3 is 15.5 Å². The molecule has 1 rings (SSSR count). The highest BCUT2D eigenvalue weighted by Crippen LogP contribution is 2.38. The summed E-state index contributed by atoms with van der Waals surface area (Å²) >= 11 is -0.188. The fourth-order valence-corrected chi connectivity index (χ4v) is 1.86. The lowest BCUT2D eigenvalue weighted by atomic mass is 10.2. The highest BCUT2D eigenvalue weighted by atomic mass is 32.2. The quantitative estimate of drug-likeness (QED) is 0.725. The van der Waals surface area contributed by atoms with E-state index in [-0.39, 0.29) is 23.2 Å². The van der Waals surface area contributed by atoms with Crippen LogP contribution in [0.25, 0.3) is 0 Å². The molecule has 3 N–H and O–H groups in total. The van der Waals surface area contributed by atoms with Crippen molar-refractivity contribution in [3.8, 4) is 0 Å². The fraction of sp³-hybridized carbons (Fsp3) is 0.455. The van der Waals surface area contributed by atoms with Crippen LogP contribution in [0.2, 0.25) is 0 Å². The zero-order valence-corrected chi connectivity index (χ0v) is 10.5. The van der Waals surface area contributed by atoms with Crippen molar-refractivity contribution in [2.24, 2.45) is 0 Å². The molecule has 0 aliphatic carbocycles. The van der Waals surface area contributed by atoms with E-state index in [4.69, 9.17) is 10.2 Å². The van der Waals surface area contributed by atoms with Gasteiger partial charge in [-0.1, -0.05) is 6.07 Å². The molecule has 0 heterocycles. The number of hydrogen-bond acceptors (Lipinski definition) is 4. The molecule has 0 aromatic heterocycles. The molecule has 0 amide bonds. The molecule has 0 aliphatic rings. The van der Waals surface area contributed by atoms with E-state index >= 15 is 0 Å². The number of thioether (sulfide) groups is 1. The van der Waals surface area contributed by atoms with Crippen molar-refractivity contribution in [1.82, 2.24) is 0 Å². The summed E-state index contributed by atoms with van der Waals surface area (Å²) in [5.74, 6) is 0. The Hall–Kier alpha value is -0.920. The van der Waals surface area contributed by atoms with Crippen molar-refractivity contribution in [2.75, 3.05) is 18.5 Å². The first kappa shape index (κ1) is 15.1. The molecule has 0 saturated heterocycles. The molecule has 1 aromatic rings. The Morgan fingerprint density at radius 2 is 2.06 bits per heavy atom. The lowest BCUT2D eigenvalue weighted by Crippen LogP contribution is -2.23. The third-order valence-electron chi connectivity index (χ3n) is 2.18.